The number of furan rings is 1. The Kier molecular flexibility index (Phi) is 4.31. The van der Waals surface area contributed by atoms with Crippen LogP contribution in [0, 0.1) is 17.8 Å². The molecule has 0 bridgehead atoms. The van der Waals surface area contributed by atoms with E-state index in [-0.39, 0.29) is 0 Å². The molecule has 0 saturated heterocycles. The molecule has 1 heterocycles. The second-order valence-corrected chi connectivity index (χ2v) is 6.28. The van der Waals surface area contributed by atoms with E-state index in [4.69, 9.17) is 4.42 Å². The third-order valence-electron chi connectivity index (χ3n) is 4.29. The summed E-state index contributed by atoms with van der Waals surface area (Å²) in [6.45, 7) is 9.32. The highest BCUT2D eigenvalue weighted by molar-refractivity contribution is 5.19. The SMILES string of the molecule is CC(C)[C@@H]1CC[C@@H](C)C/C1=C\[C@H](C)c1ccco1. The lowest BCUT2D eigenvalue weighted by Gasteiger charge is -2.33. The van der Waals surface area contributed by atoms with Gasteiger partial charge in [0, 0.05) is 5.92 Å². The molecule has 1 fully saturated rings. The maximum Gasteiger partial charge on any atom is 0.110 e. The van der Waals surface area contributed by atoms with Gasteiger partial charge in [0.15, 0.2) is 0 Å². The maximum atomic E-state index is 5.51. The van der Waals surface area contributed by atoms with Crippen LogP contribution in [0.15, 0.2) is 34.5 Å². The Hall–Kier alpha value is -0.980. The fourth-order valence-electron chi connectivity index (χ4n) is 3.21. The molecule has 100 valence electrons. The van der Waals surface area contributed by atoms with Crippen LogP contribution in [0.3, 0.4) is 0 Å². The minimum absolute atomic E-state index is 0.404. The Morgan fingerprint density at radius 3 is 2.67 bits per heavy atom. The number of rotatable bonds is 3. The van der Waals surface area contributed by atoms with Crippen molar-refractivity contribution < 1.29 is 4.42 Å². The van der Waals surface area contributed by atoms with Gasteiger partial charge in [-0.25, -0.2) is 0 Å². The van der Waals surface area contributed by atoms with Crippen LogP contribution < -0.4 is 0 Å². The fraction of sp³-hybridized carbons (Fsp3) is 0.647. The summed E-state index contributed by atoms with van der Waals surface area (Å²) >= 11 is 0. The number of hydrogen-bond acceptors (Lipinski definition) is 1. The van der Waals surface area contributed by atoms with Gasteiger partial charge in [-0.2, -0.15) is 0 Å². The molecule has 1 heteroatoms. The zero-order valence-electron chi connectivity index (χ0n) is 12.1. The first-order chi connectivity index (χ1) is 8.58. The normalized spacial score (nSPS) is 28.8. The average Bonchev–Trinajstić information content (AvgIpc) is 2.81. The predicted molar refractivity (Wildman–Crippen MR) is 76.5 cm³/mol. The Labute approximate surface area is 111 Å². The van der Waals surface area contributed by atoms with E-state index in [2.05, 4.69) is 39.8 Å². The van der Waals surface area contributed by atoms with Crippen LogP contribution in [-0.2, 0) is 0 Å². The van der Waals surface area contributed by atoms with E-state index in [1.165, 1.54) is 19.3 Å². The van der Waals surface area contributed by atoms with Crippen molar-refractivity contribution in [1.82, 2.24) is 0 Å². The topological polar surface area (TPSA) is 13.1 Å². The van der Waals surface area contributed by atoms with Crippen molar-refractivity contribution in [3.63, 3.8) is 0 Å². The van der Waals surface area contributed by atoms with Gasteiger partial charge in [-0.1, -0.05) is 39.3 Å². The Bertz CT molecular complexity index is 386. The van der Waals surface area contributed by atoms with E-state index in [0.29, 0.717) is 5.92 Å². The van der Waals surface area contributed by atoms with Crippen molar-refractivity contribution in [1.29, 1.82) is 0 Å². The Morgan fingerprint density at radius 1 is 1.28 bits per heavy atom. The van der Waals surface area contributed by atoms with Crippen molar-refractivity contribution in [3.8, 4) is 0 Å². The molecule has 0 unspecified atom stereocenters. The number of hydrogen-bond donors (Lipinski definition) is 0. The monoisotopic (exact) mass is 246 g/mol. The van der Waals surface area contributed by atoms with Gasteiger partial charge in [0.1, 0.15) is 5.76 Å². The van der Waals surface area contributed by atoms with Gasteiger partial charge in [-0.3, -0.25) is 0 Å². The molecule has 0 radical (unpaired) electrons. The van der Waals surface area contributed by atoms with Crippen molar-refractivity contribution >= 4 is 0 Å². The van der Waals surface area contributed by atoms with E-state index >= 15 is 0 Å². The van der Waals surface area contributed by atoms with Crippen LogP contribution >= 0.6 is 0 Å². The molecule has 1 nitrogen and oxygen atoms in total. The quantitative estimate of drug-likeness (QED) is 0.651. The lowest BCUT2D eigenvalue weighted by Crippen LogP contribution is -2.20. The van der Waals surface area contributed by atoms with Gasteiger partial charge in [0.25, 0.3) is 0 Å². The standard InChI is InChI=1S/C17H26O/c1-12(2)16-8-7-13(3)10-15(16)11-14(4)17-6-5-9-18-17/h5-6,9,11-14,16H,7-8,10H2,1-4H3/b15-11+/t13-,14+,16+/m1/s1. The van der Waals surface area contributed by atoms with Gasteiger partial charge < -0.3 is 4.42 Å². The highest BCUT2D eigenvalue weighted by atomic mass is 16.3. The maximum absolute atomic E-state index is 5.51. The van der Waals surface area contributed by atoms with Gasteiger partial charge >= 0.3 is 0 Å². The smallest absolute Gasteiger partial charge is 0.110 e. The summed E-state index contributed by atoms with van der Waals surface area (Å²) < 4.78 is 5.51. The third-order valence-corrected chi connectivity index (χ3v) is 4.29. The molecule has 2 rings (SSSR count). The Morgan fingerprint density at radius 2 is 2.06 bits per heavy atom. The third kappa shape index (κ3) is 3.07. The summed E-state index contributed by atoms with van der Waals surface area (Å²) in [6, 6.07) is 4.06. The van der Waals surface area contributed by atoms with E-state index < -0.39 is 0 Å². The second-order valence-electron chi connectivity index (χ2n) is 6.28. The molecule has 0 spiro atoms. The van der Waals surface area contributed by atoms with E-state index in [1.54, 1.807) is 11.8 Å². The highest BCUT2D eigenvalue weighted by Crippen LogP contribution is 2.39. The molecule has 1 saturated carbocycles. The summed E-state index contributed by atoms with van der Waals surface area (Å²) in [7, 11) is 0. The lowest BCUT2D eigenvalue weighted by atomic mass is 9.73. The minimum Gasteiger partial charge on any atom is -0.469 e. The van der Waals surface area contributed by atoms with Gasteiger partial charge in [0.05, 0.1) is 6.26 Å². The van der Waals surface area contributed by atoms with Gasteiger partial charge in [-0.15, -0.1) is 0 Å². The molecule has 0 aliphatic heterocycles. The summed E-state index contributed by atoms with van der Waals surface area (Å²) in [5, 5.41) is 0. The van der Waals surface area contributed by atoms with Crippen molar-refractivity contribution in [2.45, 2.75) is 52.9 Å². The zero-order chi connectivity index (χ0) is 13.1. The molecule has 1 aromatic rings. The van der Waals surface area contributed by atoms with Crippen LogP contribution in [0.5, 0.6) is 0 Å². The van der Waals surface area contributed by atoms with Crippen LogP contribution in [-0.4, -0.2) is 0 Å². The van der Waals surface area contributed by atoms with Crippen molar-refractivity contribution in [2.24, 2.45) is 17.8 Å². The largest absolute Gasteiger partial charge is 0.469 e. The summed E-state index contributed by atoms with van der Waals surface area (Å²) in [4.78, 5) is 0. The van der Waals surface area contributed by atoms with Crippen LogP contribution in [0.1, 0.15) is 58.6 Å². The molecule has 1 aliphatic carbocycles. The molecular weight excluding hydrogens is 220 g/mol. The molecule has 1 aliphatic rings. The van der Waals surface area contributed by atoms with E-state index in [9.17, 15) is 0 Å². The second kappa shape index (κ2) is 5.77. The molecule has 0 amide bonds. The molecule has 18 heavy (non-hydrogen) atoms. The zero-order valence-corrected chi connectivity index (χ0v) is 12.1. The lowest BCUT2D eigenvalue weighted by molar-refractivity contribution is 0.306. The Balaban J connectivity index is 2.16. The van der Waals surface area contributed by atoms with Crippen molar-refractivity contribution in [3.05, 3.63) is 35.8 Å². The van der Waals surface area contributed by atoms with Crippen LogP contribution in [0.4, 0.5) is 0 Å². The number of allylic oxidation sites excluding steroid dienone is 2. The van der Waals surface area contributed by atoms with Crippen molar-refractivity contribution in [2.75, 3.05) is 0 Å². The van der Waals surface area contributed by atoms with Crippen LogP contribution in [0.25, 0.3) is 0 Å². The first kappa shape index (κ1) is 13.5. The van der Waals surface area contributed by atoms with Gasteiger partial charge in [0.2, 0.25) is 0 Å². The van der Waals surface area contributed by atoms with Gasteiger partial charge in [-0.05, 0) is 49.1 Å². The average molecular weight is 246 g/mol. The molecule has 1 aromatic heterocycles. The predicted octanol–water partition coefficient (Wildman–Crippen LogP) is 5.40. The molecular formula is C17H26O. The summed E-state index contributed by atoms with van der Waals surface area (Å²) in [5.74, 6) is 3.87. The van der Waals surface area contributed by atoms with E-state index in [0.717, 1.165) is 23.5 Å². The first-order valence-electron chi connectivity index (χ1n) is 7.32. The minimum atomic E-state index is 0.404. The molecule has 3 atom stereocenters. The fourth-order valence-corrected chi connectivity index (χ4v) is 3.21. The summed E-state index contributed by atoms with van der Waals surface area (Å²) in [5.41, 5.74) is 1.66. The highest BCUT2D eigenvalue weighted by Gasteiger charge is 2.26. The first-order valence-corrected chi connectivity index (χ1v) is 7.32. The van der Waals surface area contributed by atoms with Crippen LogP contribution in [0.2, 0.25) is 0 Å². The summed E-state index contributed by atoms with van der Waals surface area (Å²) in [6.07, 6.45) is 8.24. The van der Waals surface area contributed by atoms with E-state index in [1.807, 2.05) is 6.07 Å². The molecule has 0 N–H and O–H groups in total. The molecule has 0 aromatic carbocycles.